The fraction of sp³-hybridized carbons (Fsp3) is 0.318. The smallest absolute Gasteiger partial charge is 0.293 e. The van der Waals surface area contributed by atoms with Gasteiger partial charge in [-0.3, -0.25) is 14.9 Å². The second kappa shape index (κ2) is 9.10. The number of aromatic amines is 1. The molecule has 0 spiro atoms. The van der Waals surface area contributed by atoms with Crippen molar-refractivity contribution in [3.8, 4) is 5.75 Å². The molecule has 4 rings (SSSR count). The zero-order valence-electron chi connectivity index (χ0n) is 18.0. The average Bonchev–Trinajstić information content (AvgIpc) is 3.26. The molecule has 3 aromatic rings. The van der Waals surface area contributed by atoms with Gasteiger partial charge in [-0.25, -0.2) is 13.1 Å². The molecule has 3 N–H and O–H groups in total. The number of nitro groups is 1. The number of hydrogen-bond acceptors (Lipinski definition) is 7. The number of carbonyl (C=O) groups is 1. The molecule has 1 aliphatic rings. The van der Waals surface area contributed by atoms with E-state index in [4.69, 9.17) is 4.74 Å². The average molecular weight is 473 g/mol. The van der Waals surface area contributed by atoms with E-state index in [1.807, 2.05) is 4.72 Å². The normalized spacial score (nSPS) is 14.7. The molecule has 0 aliphatic heterocycles. The predicted octanol–water partition coefficient (Wildman–Crippen LogP) is 3.95. The highest BCUT2D eigenvalue weighted by molar-refractivity contribution is 7.90. The van der Waals surface area contributed by atoms with Crippen LogP contribution in [-0.4, -0.2) is 37.4 Å². The molecular formula is C22H24N4O6S. The van der Waals surface area contributed by atoms with Gasteiger partial charge < -0.3 is 15.0 Å². The Kier molecular flexibility index (Phi) is 6.23. The van der Waals surface area contributed by atoms with Crippen LogP contribution in [0.1, 0.15) is 42.6 Å². The van der Waals surface area contributed by atoms with E-state index in [-0.39, 0.29) is 27.8 Å². The number of ether oxygens (including phenoxy) is 1. The monoisotopic (exact) mass is 472 g/mol. The summed E-state index contributed by atoms with van der Waals surface area (Å²) in [7, 11) is -2.70. The van der Waals surface area contributed by atoms with Gasteiger partial charge in [0, 0.05) is 23.2 Å². The lowest BCUT2D eigenvalue weighted by molar-refractivity contribution is -0.383. The van der Waals surface area contributed by atoms with Crippen LogP contribution in [0.3, 0.4) is 0 Å². The van der Waals surface area contributed by atoms with E-state index in [0.717, 1.165) is 25.7 Å². The Balaban J connectivity index is 1.65. The zero-order valence-corrected chi connectivity index (χ0v) is 18.8. The third kappa shape index (κ3) is 4.77. The molecule has 0 bridgehead atoms. The van der Waals surface area contributed by atoms with Crippen LogP contribution in [0.2, 0.25) is 0 Å². The van der Waals surface area contributed by atoms with E-state index in [1.54, 1.807) is 6.07 Å². The predicted molar refractivity (Wildman–Crippen MR) is 123 cm³/mol. The van der Waals surface area contributed by atoms with Crippen LogP contribution >= 0.6 is 0 Å². The highest BCUT2D eigenvalue weighted by Gasteiger charge is 2.24. The van der Waals surface area contributed by atoms with Crippen molar-refractivity contribution in [1.29, 1.82) is 0 Å². The molecule has 2 aromatic carbocycles. The Hall–Kier alpha value is -3.60. The maximum Gasteiger partial charge on any atom is 0.293 e. The highest BCUT2D eigenvalue weighted by atomic mass is 32.2. The summed E-state index contributed by atoms with van der Waals surface area (Å²) in [5, 5.41) is 15.4. The summed E-state index contributed by atoms with van der Waals surface area (Å²) in [4.78, 5) is 26.4. The van der Waals surface area contributed by atoms with Crippen LogP contribution < -0.4 is 14.8 Å². The van der Waals surface area contributed by atoms with Crippen molar-refractivity contribution in [3.05, 3.63) is 58.3 Å². The van der Waals surface area contributed by atoms with E-state index in [0.29, 0.717) is 16.8 Å². The van der Waals surface area contributed by atoms with Crippen molar-refractivity contribution < 1.29 is 22.9 Å². The number of fused-ring (bicyclic) bond motifs is 1. The molecule has 0 radical (unpaired) electrons. The van der Waals surface area contributed by atoms with Crippen LogP contribution in [0, 0.1) is 10.1 Å². The van der Waals surface area contributed by atoms with Crippen LogP contribution in [0.5, 0.6) is 5.75 Å². The summed E-state index contributed by atoms with van der Waals surface area (Å²) in [6.07, 6.45) is 5.40. The van der Waals surface area contributed by atoms with Gasteiger partial charge in [-0.2, -0.15) is 0 Å². The first kappa shape index (κ1) is 22.6. The van der Waals surface area contributed by atoms with Gasteiger partial charge in [-0.15, -0.1) is 0 Å². The number of sulfonamides is 1. The maximum absolute atomic E-state index is 12.8. The van der Waals surface area contributed by atoms with E-state index < -0.39 is 20.9 Å². The van der Waals surface area contributed by atoms with Crippen LogP contribution in [0.4, 0.5) is 11.4 Å². The highest BCUT2D eigenvalue weighted by Crippen LogP contribution is 2.34. The molecule has 0 atom stereocenters. The van der Waals surface area contributed by atoms with Crippen molar-refractivity contribution >= 4 is 38.2 Å². The Morgan fingerprint density at radius 2 is 1.82 bits per heavy atom. The van der Waals surface area contributed by atoms with Crippen molar-refractivity contribution in [1.82, 2.24) is 9.71 Å². The van der Waals surface area contributed by atoms with Gasteiger partial charge in [0.2, 0.25) is 0 Å². The second-order valence-corrected chi connectivity index (χ2v) is 9.63. The van der Waals surface area contributed by atoms with Gasteiger partial charge in [0.25, 0.3) is 21.6 Å². The van der Waals surface area contributed by atoms with Crippen LogP contribution in [-0.2, 0) is 10.0 Å². The second-order valence-electron chi connectivity index (χ2n) is 7.95. The fourth-order valence-electron chi connectivity index (χ4n) is 4.06. The minimum Gasteiger partial charge on any atom is -0.497 e. The number of hydrogen-bond donors (Lipinski definition) is 3. The molecule has 1 amide bonds. The minimum atomic E-state index is -4.15. The van der Waals surface area contributed by atoms with Gasteiger partial charge in [-0.1, -0.05) is 19.3 Å². The number of nitrogens with zero attached hydrogens (tertiary/aromatic N) is 1. The number of methoxy groups -OCH3 is 1. The zero-order chi connectivity index (χ0) is 23.6. The third-order valence-corrected chi connectivity index (χ3v) is 7.12. The maximum atomic E-state index is 12.8. The number of rotatable bonds is 7. The molecule has 1 aromatic heterocycles. The first-order chi connectivity index (χ1) is 15.8. The summed E-state index contributed by atoms with van der Waals surface area (Å²) >= 11 is 0. The quantitative estimate of drug-likeness (QED) is 0.349. The van der Waals surface area contributed by atoms with Gasteiger partial charge >= 0.3 is 0 Å². The molecule has 0 unspecified atom stereocenters. The van der Waals surface area contributed by atoms with Crippen molar-refractivity contribution in [2.75, 3.05) is 12.4 Å². The van der Waals surface area contributed by atoms with Crippen LogP contribution in [0.15, 0.2) is 47.4 Å². The molecule has 1 heterocycles. The Labute approximate surface area is 190 Å². The first-order valence-electron chi connectivity index (χ1n) is 10.6. The number of nitrogens with one attached hydrogen (secondary N) is 3. The topological polar surface area (TPSA) is 143 Å². The van der Waals surface area contributed by atoms with Gasteiger partial charge in [0.05, 0.1) is 16.9 Å². The molecule has 1 aliphatic carbocycles. The Bertz CT molecular complexity index is 1290. The van der Waals surface area contributed by atoms with E-state index in [1.165, 1.54) is 49.9 Å². The number of amides is 1. The lowest BCUT2D eigenvalue weighted by Gasteiger charge is -2.24. The van der Waals surface area contributed by atoms with Crippen molar-refractivity contribution in [2.45, 2.75) is 43.0 Å². The number of benzene rings is 2. The minimum absolute atomic E-state index is 0.0944. The van der Waals surface area contributed by atoms with E-state index >= 15 is 0 Å². The largest absolute Gasteiger partial charge is 0.497 e. The molecule has 11 heteroatoms. The lowest BCUT2D eigenvalue weighted by atomic mass is 9.95. The van der Waals surface area contributed by atoms with E-state index in [9.17, 15) is 23.3 Å². The molecule has 1 saturated carbocycles. The number of nitro benzene ring substituents is 1. The Morgan fingerprint density at radius 1 is 1.12 bits per heavy atom. The molecule has 1 fully saturated rings. The SMILES string of the molecule is COc1ccc(S(=O)(=O)NC(=O)c2cc3c(NC4CCCCC4)ccc([N+](=O)[O-])c3[nH]2)cc1. The van der Waals surface area contributed by atoms with Crippen LogP contribution in [0.25, 0.3) is 10.9 Å². The molecular weight excluding hydrogens is 448 g/mol. The molecule has 0 saturated heterocycles. The van der Waals surface area contributed by atoms with Crippen molar-refractivity contribution in [3.63, 3.8) is 0 Å². The lowest BCUT2D eigenvalue weighted by Crippen LogP contribution is -2.30. The summed E-state index contributed by atoms with van der Waals surface area (Å²) in [5.41, 5.74) is 0.531. The van der Waals surface area contributed by atoms with Gasteiger partial charge in [-0.05, 0) is 49.2 Å². The summed E-state index contributed by atoms with van der Waals surface area (Å²) < 4.78 is 32.3. The van der Waals surface area contributed by atoms with Crippen molar-refractivity contribution in [2.24, 2.45) is 0 Å². The summed E-state index contributed by atoms with van der Waals surface area (Å²) in [5.74, 6) is -0.443. The number of anilines is 1. The molecule has 174 valence electrons. The Morgan fingerprint density at radius 3 is 2.45 bits per heavy atom. The number of non-ortho nitro benzene ring substituents is 1. The van der Waals surface area contributed by atoms with E-state index in [2.05, 4.69) is 10.3 Å². The molecule has 33 heavy (non-hydrogen) atoms. The summed E-state index contributed by atoms with van der Waals surface area (Å²) in [6, 6.07) is 10.2. The van der Waals surface area contributed by atoms with Gasteiger partial charge in [0.1, 0.15) is 17.0 Å². The standard InChI is InChI=1S/C22H24N4O6S/c1-32-15-7-9-16(10-8-15)33(30,31)25-22(27)19-13-17-18(23-14-5-3-2-4-6-14)11-12-20(26(28)29)21(17)24-19/h7-14,23-24H,2-6H2,1H3,(H,25,27). The number of aromatic nitrogens is 1. The fourth-order valence-corrected chi connectivity index (χ4v) is 5.03. The number of carbonyl (C=O) groups excluding carboxylic acids is 1. The first-order valence-corrected chi connectivity index (χ1v) is 12.0. The van der Waals surface area contributed by atoms with Gasteiger partial charge in [0.15, 0.2) is 0 Å². The summed E-state index contributed by atoms with van der Waals surface area (Å²) in [6.45, 7) is 0. The third-order valence-electron chi connectivity index (χ3n) is 5.77. The number of H-pyrrole nitrogens is 1. The molecule has 10 nitrogen and oxygen atoms in total.